The standard InChI is InChI=1S/C26H29ClN6O2/c1-18(34)17-31-11-13-32(14-12-31)21-6-4-20(5-7-21)29-26-28-16-22-8-9-24(33(22)30-26)23-15-19(27)3-10-25(23)35-2/h3-10,15-16,18,34H,11-14,17H2,1-2H3,(H,29,30). The highest BCUT2D eigenvalue weighted by Crippen LogP contribution is 2.33. The summed E-state index contributed by atoms with van der Waals surface area (Å²) in [4.78, 5) is 9.15. The van der Waals surface area contributed by atoms with E-state index < -0.39 is 0 Å². The highest BCUT2D eigenvalue weighted by molar-refractivity contribution is 6.31. The van der Waals surface area contributed by atoms with Crippen LogP contribution in [-0.4, -0.2) is 70.5 Å². The number of halogens is 1. The van der Waals surface area contributed by atoms with E-state index in [1.54, 1.807) is 19.4 Å². The normalized spacial score (nSPS) is 15.4. The van der Waals surface area contributed by atoms with Crippen LogP contribution in [-0.2, 0) is 0 Å². The molecule has 0 radical (unpaired) electrons. The first kappa shape index (κ1) is 23.4. The molecule has 8 nitrogen and oxygen atoms in total. The van der Waals surface area contributed by atoms with Crippen LogP contribution in [0.15, 0.2) is 60.8 Å². The topological polar surface area (TPSA) is 78.2 Å². The van der Waals surface area contributed by atoms with Gasteiger partial charge in [-0.15, -0.1) is 5.10 Å². The van der Waals surface area contributed by atoms with Gasteiger partial charge in [0.1, 0.15) is 5.75 Å². The van der Waals surface area contributed by atoms with Gasteiger partial charge in [0.05, 0.1) is 30.6 Å². The molecule has 0 bridgehead atoms. The molecule has 1 aliphatic rings. The third-order valence-electron chi connectivity index (χ3n) is 6.22. The van der Waals surface area contributed by atoms with Gasteiger partial charge in [-0.1, -0.05) is 11.6 Å². The number of hydrogen-bond donors (Lipinski definition) is 2. The maximum Gasteiger partial charge on any atom is 0.245 e. The van der Waals surface area contributed by atoms with Gasteiger partial charge in [0.25, 0.3) is 0 Å². The monoisotopic (exact) mass is 492 g/mol. The van der Waals surface area contributed by atoms with Crippen LogP contribution in [0.25, 0.3) is 16.8 Å². The average Bonchev–Trinajstić information content (AvgIpc) is 3.28. The van der Waals surface area contributed by atoms with Crippen LogP contribution in [0.1, 0.15) is 6.92 Å². The zero-order valence-electron chi connectivity index (χ0n) is 19.9. The average molecular weight is 493 g/mol. The number of benzene rings is 2. The molecule has 35 heavy (non-hydrogen) atoms. The van der Waals surface area contributed by atoms with Crippen molar-refractivity contribution >= 4 is 34.4 Å². The Labute approximate surface area is 209 Å². The van der Waals surface area contributed by atoms with Crippen LogP contribution in [0.2, 0.25) is 5.02 Å². The maximum atomic E-state index is 9.61. The number of ether oxygens (including phenoxy) is 1. The van der Waals surface area contributed by atoms with E-state index in [2.05, 4.69) is 32.2 Å². The second kappa shape index (κ2) is 10.1. The zero-order chi connectivity index (χ0) is 24.4. The summed E-state index contributed by atoms with van der Waals surface area (Å²) in [6, 6.07) is 17.8. The smallest absolute Gasteiger partial charge is 0.245 e. The molecule has 1 atom stereocenters. The molecule has 2 aromatic heterocycles. The Hall–Kier alpha value is -3.33. The highest BCUT2D eigenvalue weighted by Gasteiger charge is 2.18. The van der Waals surface area contributed by atoms with Crippen LogP contribution in [0.3, 0.4) is 0 Å². The molecular weight excluding hydrogens is 464 g/mol. The first-order chi connectivity index (χ1) is 17.0. The minimum atomic E-state index is -0.288. The first-order valence-corrected chi connectivity index (χ1v) is 12.1. The van der Waals surface area contributed by atoms with Crippen molar-refractivity contribution in [3.63, 3.8) is 0 Å². The molecule has 0 amide bonds. The van der Waals surface area contributed by atoms with Crippen molar-refractivity contribution < 1.29 is 9.84 Å². The fraction of sp³-hybridized carbons (Fsp3) is 0.308. The van der Waals surface area contributed by atoms with Crippen molar-refractivity contribution in [1.29, 1.82) is 0 Å². The molecule has 182 valence electrons. The Balaban J connectivity index is 1.32. The van der Waals surface area contributed by atoms with Crippen molar-refractivity contribution in [3.8, 4) is 17.0 Å². The Morgan fingerprint density at radius 2 is 1.83 bits per heavy atom. The van der Waals surface area contributed by atoms with Gasteiger partial charge in [-0.3, -0.25) is 4.90 Å². The summed E-state index contributed by atoms with van der Waals surface area (Å²) in [6.07, 6.45) is 1.50. The van der Waals surface area contributed by atoms with E-state index in [0.717, 1.165) is 60.9 Å². The molecule has 1 unspecified atom stereocenters. The largest absolute Gasteiger partial charge is 0.496 e. The molecule has 1 fully saturated rings. The third-order valence-corrected chi connectivity index (χ3v) is 6.45. The van der Waals surface area contributed by atoms with Crippen molar-refractivity contribution in [2.75, 3.05) is 50.1 Å². The van der Waals surface area contributed by atoms with E-state index in [9.17, 15) is 5.11 Å². The van der Waals surface area contributed by atoms with E-state index in [4.69, 9.17) is 21.4 Å². The number of methoxy groups -OCH3 is 1. The van der Waals surface area contributed by atoms with Gasteiger partial charge in [-0.25, -0.2) is 9.50 Å². The SMILES string of the molecule is COc1ccc(Cl)cc1-c1ccc2cnc(Nc3ccc(N4CCN(CC(C)O)CC4)cc3)nn12. The van der Waals surface area contributed by atoms with Crippen molar-refractivity contribution in [1.82, 2.24) is 19.5 Å². The van der Waals surface area contributed by atoms with E-state index in [0.29, 0.717) is 11.0 Å². The lowest BCUT2D eigenvalue weighted by molar-refractivity contribution is 0.123. The van der Waals surface area contributed by atoms with Crippen LogP contribution >= 0.6 is 11.6 Å². The number of aromatic nitrogens is 3. The molecule has 2 N–H and O–H groups in total. The van der Waals surface area contributed by atoms with Crippen LogP contribution in [0, 0.1) is 0 Å². The Bertz CT molecular complexity index is 1300. The van der Waals surface area contributed by atoms with E-state index in [1.165, 1.54) is 5.69 Å². The molecule has 1 saturated heterocycles. The molecule has 0 aliphatic carbocycles. The lowest BCUT2D eigenvalue weighted by Gasteiger charge is -2.36. The quantitative estimate of drug-likeness (QED) is 0.398. The number of anilines is 3. The van der Waals surface area contributed by atoms with Gasteiger partial charge < -0.3 is 20.1 Å². The van der Waals surface area contributed by atoms with Crippen LogP contribution in [0.5, 0.6) is 5.75 Å². The molecular formula is C26H29ClN6O2. The minimum absolute atomic E-state index is 0.288. The van der Waals surface area contributed by atoms with E-state index >= 15 is 0 Å². The van der Waals surface area contributed by atoms with Gasteiger partial charge in [0.2, 0.25) is 5.95 Å². The fourth-order valence-corrected chi connectivity index (χ4v) is 4.66. The number of β-amino-alcohol motifs (C(OH)–C–C–N with tert-alkyl or cyclic N) is 1. The zero-order valence-corrected chi connectivity index (χ0v) is 20.6. The number of piperazine rings is 1. The van der Waals surface area contributed by atoms with E-state index in [-0.39, 0.29) is 6.10 Å². The molecule has 1 aliphatic heterocycles. The fourth-order valence-electron chi connectivity index (χ4n) is 4.49. The van der Waals surface area contributed by atoms with Crippen molar-refractivity contribution in [3.05, 3.63) is 65.8 Å². The summed E-state index contributed by atoms with van der Waals surface area (Å²) in [7, 11) is 1.64. The van der Waals surface area contributed by atoms with Gasteiger partial charge >= 0.3 is 0 Å². The number of nitrogens with one attached hydrogen (secondary N) is 1. The summed E-state index contributed by atoms with van der Waals surface area (Å²) in [5, 5.41) is 18.3. The third kappa shape index (κ3) is 5.19. The van der Waals surface area contributed by atoms with Gasteiger partial charge in [-0.05, 0) is 61.5 Å². The van der Waals surface area contributed by atoms with Gasteiger partial charge in [0, 0.05) is 54.7 Å². The van der Waals surface area contributed by atoms with Crippen molar-refractivity contribution in [2.45, 2.75) is 13.0 Å². The molecule has 0 spiro atoms. The lowest BCUT2D eigenvalue weighted by Crippen LogP contribution is -2.48. The van der Waals surface area contributed by atoms with Gasteiger partial charge in [-0.2, -0.15) is 0 Å². The summed E-state index contributed by atoms with van der Waals surface area (Å²) < 4.78 is 7.37. The molecule has 3 heterocycles. The Morgan fingerprint density at radius 1 is 1.06 bits per heavy atom. The summed E-state index contributed by atoms with van der Waals surface area (Å²) in [6.45, 7) is 6.37. The summed E-state index contributed by atoms with van der Waals surface area (Å²) in [5.74, 6) is 1.22. The van der Waals surface area contributed by atoms with E-state index in [1.807, 2.05) is 47.8 Å². The Morgan fingerprint density at radius 3 is 2.54 bits per heavy atom. The Kier molecular flexibility index (Phi) is 6.77. The predicted octanol–water partition coefficient (Wildman–Crippen LogP) is 4.30. The number of fused-ring (bicyclic) bond motifs is 1. The number of rotatable bonds is 7. The molecule has 9 heteroatoms. The molecule has 0 saturated carbocycles. The maximum absolute atomic E-state index is 9.61. The van der Waals surface area contributed by atoms with Gasteiger partial charge in [0.15, 0.2) is 0 Å². The number of nitrogens with zero attached hydrogens (tertiary/aromatic N) is 5. The minimum Gasteiger partial charge on any atom is -0.496 e. The van der Waals surface area contributed by atoms with Crippen LogP contribution in [0.4, 0.5) is 17.3 Å². The number of aliphatic hydroxyl groups is 1. The predicted molar refractivity (Wildman–Crippen MR) is 140 cm³/mol. The second-order valence-electron chi connectivity index (χ2n) is 8.79. The number of hydrogen-bond acceptors (Lipinski definition) is 7. The summed E-state index contributed by atoms with van der Waals surface area (Å²) in [5.41, 5.74) is 4.70. The lowest BCUT2D eigenvalue weighted by atomic mass is 10.1. The molecule has 4 aromatic rings. The first-order valence-electron chi connectivity index (χ1n) is 11.7. The molecule has 5 rings (SSSR count). The highest BCUT2D eigenvalue weighted by atomic mass is 35.5. The summed E-state index contributed by atoms with van der Waals surface area (Å²) >= 11 is 6.25. The molecule has 2 aromatic carbocycles. The van der Waals surface area contributed by atoms with Crippen LogP contribution < -0.4 is 15.0 Å². The van der Waals surface area contributed by atoms with Crippen molar-refractivity contribution in [2.24, 2.45) is 0 Å². The second-order valence-corrected chi connectivity index (χ2v) is 9.23. The number of aliphatic hydroxyl groups excluding tert-OH is 1.